The molecule has 2 aromatic rings. The number of carbonyl (C=O) groups excluding carboxylic acids is 1. The Balaban J connectivity index is 2.06. The van der Waals surface area contributed by atoms with Gasteiger partial charge in [0.05, 0.1) is 0 Å². The standard InChI is InChI=1S/C20H28N4O/c1-5-6-7-12-21-20(25)18-13-19(23-15(4)22-18)24-17-10-8-16(9-11-17)14(2)3/h8-11,13-14H,5-7,12H2,1-4H3,(H,21,25)(H,22,23,24). The second kappa shape index (κ2) is 9.16. The van der Waals surface area contributed by atoms with Gasteiger partial charge in [0.15, 0.2) is 0 Å². The predicted molar refractivity (Wildman–Crippen MR) is 102 cm³/mol. The van der Waals surface area contributed by atoms with E-state index in [0.29, 0.717) is 29.8 Å². The Morgan fingerprint density at radius 3 is 2.48 bits per heavy atom. The summed E-state index contributed by atoms with van der Waals surface area (Å²) < 4.78 is 0. The molecule has 0 radical (unpaired) electrons. The van der Waals surface area contributed by atoms with Crippen LogP contribution in [0.2, 0.25) is 0 Å². The highest BCUT2D eigenvalue weighted by Crippen LogP contribution is 2.20. The fourth-order valence-electron chi connectivity index (χ4n) is 2.51. The summed E-state index contributed by atoms with van der Waals surface area (Å²) in [7, 11) is 0. The summed E-state index contributed by atoms with van der Waals surface area (Å²) in [5, 5.41) is 6.17. The van der Waals surface area contributed by atoms with Crippen LogP contribution in [0.15, 0.2) is 30.3 Å². The van der Waals surface area contributed by atoms with Crippen molar-refractivity contribution in [2.75, 3.05) is 11.9 Å². The van der Waals surface area contributed by atoms with E-state index in [1.807, 2.05) is 12.1 Å². The molecule has 1 aromatic heterocycles. The SMILES string of the molecule is CCCCCNC(=O)c1cc(Nc2ccc(C(C)C)cc2)nc(C)n1. The fraction of sp³-hybridized carbons (Fsp3) is 0.450. The van der Waals surface area contributed by atoms with Crippen LogP contribution in [0.1, 0.15) is 67.8 Å². The summed E-state index contributed by atoms with van der Waals surface area (Å²) in [6.07, 6.45) is 3.23. The summed E-state index contributed by atoms with van der Waals surface area (Å²) in [6, 6.07) is 9.94. The monoisotopic (exact) mass is 340 g/mol. The maximum absolute atomic E-state index is 12.3. The molecule has 0 saturated heterocycles. The number of benzene rings is 1. The van der Waals surface area contributed by atoms with Crippen molar-refractivity contribution >= 4 is 17.4 Å². The first-order chi connectivity index (χ1) is 12.0. The fourth-order valence-corrected chi connectivity index (χ4v) is 2.51. The molecule has 5 nitrogen and oxygen atoms in total. The van der Waals surface area contributed by atoms with Crippen LogP contribution in [0.25, 0.3) is 0 Å². The molecule has 1 heterocycles. The van der Waals surface area contributed by atoms with Gasteiger partial charge in [-0.05, 0) is 37.0 Å². The average molecular weight is 340 g/mol. The molecule has 2 rings (SSSR count). The summed E-state index contributed by atoms with van der Waals surface area (Å²) in [5.41, 5.74) is 2.62. The maximum atomic E-state index is 12.3. The Morgan fingerprint density at radius 1 is 1.12 bits per heavy atom. The van der Waals surface area contributed by atoms with Gasteiger partial charge in [-0.3, -0.25) is 4.79 Å². The Labute approximate surface area is 150 Å². The van der Waals surface area contributed by atoms with Gasteiger partial charge in [-0.2, -0.15) is 0 Å². The van der Waals surface area contributed by atoms with Gasteiger partial charge in [0.2, 0.25) is 0 Å². The Hall–Kier alpha value is -2.43. The van der Waals surface area contributed by atoms with Crippen LogP contribution in [0.5, 0.6) is 0 Å². The van der Waals surface area contributed by atoms with Crippen LogP contribution in [0, 0.1) is 6.92 Å². The van der Waals surface area contributed by atoms with Gasteiger partial charge in [-0.1, -0.05) is 45.7 Å². The highest BCUT2D eigenvalue weighted by atomic mass is 16.1. The molecule has 0 aliphatic rings. The second-order valence-electron chi connectivity index (χ2n) is 6.55. The van der Waals surface area contributed by atoms with Crippen LogP contribution in [-0.2, 0) is 0 Å². The first kappa shape index (κ1) is 18.9. The van der Waals surface area contributed by atoms with Crippen LogP contribution >= 0.6 is 0 Å². The molecule has 25 heavy (non-hydrogen) atoms. The van der Waals surface area contributed by atoms with Gasteiger partial charge in [-0.15, -0.1) is 0 Å². The first-order valence-electron chi connectivity index (χ1n) is 9.00. The third kappa shape index (κ3) is 5.85. The van der Waals surface area contributed by atoms with Crippen molar-refractivity contribution in [1.82, 2.24) is 15.3 Å². The van der Waals surface area contributed by atoms with E-state index in [9.17, 15) is 4.79 Å². The van der Waals surface area contributed by atoms with E-state index in [4.69, 9.17) is 0 Å². The zero-order valence-electron chi connectivity index (χ0n) is 15.6. The lowest BCUT2D eigenvalue weighted by Gasteiger charge is -2.10. The van der Waals surface area contributed by atoms with E-state index >= 15 is 0 Å². The molecule has 0 aliphatic carbocycles. The number of anilines is 2. The number of carbonyl (C=O) groups is 1. The van der Waals surface area contributed by atoms with Gasteiger partial charge in [0.25, 0.3) is 5.91 Å². The number of aromatic nitrogens is 2. The van der Waals surface area contributed by atoms with Crippen LogP contribution in [0.4, 0.5) is 11.5 Å². The van der Waals surface area contributed by atoms with Crippen molar-refractivity contribution in [2.45, 2.75) is 52.9 Å². The van der Waals surface area contributed by atoms with E-state index in [-0.39, 0.29) is 5.91 Å². The van der Waals surface area contributed by atoms with E-state index in [1.54, 1.807) is 13.0 Å². The second-order valence-corrected chi connectivity index (χ2v) is 6.55. The quantitative estimate of drug-likeness (QED) is 0.691. The molecule has 0 unspecified atom stereocenters. The van der Waals surface area contributed by atoms with Crippen LogP contribution < -0.4 is 10.6 Å². The minimum Gasteiger partial charge on any atom is -0.351 e. The Bertz CT molecular complexity index is 695. The zero-order chi connectivity index (χ0) is 18.2. The van der Waals surface area contributed by atoms with Gasteiger partial charge in [0, 0.05) is 18.3 Å². The number of amides is 1. The van der Waals surface area contributed by atoms with Gasteiger partial charge in [-0.25, -0.2) is 9.97 Å². The summed E-state index contributed by atoms with van der Waals surface area (Å²) >= 11 is 0. The number of rotatable bonds is 8. The van der Waals surface area contributed by atoms with E-state index in [0.717, 1.165) is 24.9 Å². The average Bonchev–Trinajstić information content (AvgIpc) is 2.58. The van der Waals surface area contributed by atoms with Crippen molar-refractivity contribution < 1.29 is 4.79 Å². The topological polar surface area (TPSA) is 66.9 Å². The summed E-state index contributed by atoms with van der Waals surface area (Å²) in [6.45, 7) is 8.94. The lowest BCUT2D eigenvalue weighted by atomic mass is 10.0. The smallest absolute Gasteiger partial charge is 0.270 e. The van der Waals surface area contributed by atoms with Gasteiger partial charge in [0.1, 0.15) is 17.3 Å². The molecule has 0 aliphatic heterocycles. The number of aryl methyl sites for hydroxylation is 1. The van der Waals surface area contributed by atoms with Gasteiger partial charge < -0.3 is 10.6 Å². The third-order valence-electron chi connectivity index (χ3n) is 3.99. The number of hydrogen-bond donors (Lipinski definition) is 2. The number of unbranched alkanes of at least 4 members (excludes halogenated alkanes) is 2. The van der Waals surface area contributed by atoms with E-state index in [2.05, 4.69) is 53.5 Å². The highest BCUT2D eigenvalue weighted by molar-refractivity contribution is 5.93. The van der Waals surface area contributed by atoms with E-state index < -0.39 is 0 Å². The maximum Gasteiger partial charge on any atom is 0.270 e. The number of nitrogens with one attached hydrogen (secondary N) is 2. The van der Waals surface area contributed by atoms with Crippen molar-refractivity contribution in [1.29, 1.82) is 0 Å². The molecule has 1 amide bonds. The predicted octanol–water partition coefficient (Wildman–Crippen LogP) is 4.57. The van der Waals surface area contributed by atoms with Crippen molar-refractivity contribution in [3.63, 3.8) is 0 Å². The molecule has 0 spiro atoms. The molecule has 2 N–H and O–H groups in total. The lowest BCUT2D eigenvalue weighted by molar-refractivity contribution is 0.0947. The molecule has 1 aromatic carbocycles. The van der Waals surface area contributed by atoms with Crippen molar-refractivity contribution in [2.24, 2.45) is 0 Å². The highest BCUT2D eigenvalue weighted by Gasteiger charge is 2.10. The van der Waals surface area contributed by atoms with Crippen molar-refractivity contribution in [3.05, 3.63) is 47.4 Å². The Morgan fingerprint density at radius 2 is 1.84 bits per heavy atom. The zero-order valence-corrected chi connectivity index (χ0v) is 15.6. The first-order valence-corrected chi connectivity index (χ1v) is 9.00. The molecule has 134 valence electrons. The minimum atomic E-state index is -0.153. The van der Waals surface area contributed by atoms with Crippen LogP contribution in [0.3, 0.4) is 0 Å². The van der Waals surface area contributed by atoms with Gasteiger partial charge >= 0.3 is 0 Å². The number of hydrogen-bond acceptors (Lipinski definition) is 4. The lowest BCUT2D eigenvalue weighted by Crippen LogP contribution is -2.25. The molecular weight excluding hydrogens is 312 g/mol. The van der Waals surface area contributed by atoms with Crippen LogP contribution in [-0.4, -0.2) is 22.4 Å². The molecule has 0 atom stereocenters. The normalized spacial score (nSPS) is 10.8. The molecule has 0 fully saturated rings. The molecule has 0 saturated carbocycles. The molecule has 5 heteroatoms. The molecule has 0 bridgehead atoms. The van der Waals surface area contributed by atoms with E-state index in [1.165, 1.54) is 5.56 Å². The summed E-state index contributed by atoms with van der Waals surface area (Å²) in [4.78, 5) is 20.9. The van der Waals surface area contributed by atoms with Crippen molar-refractivity contribution in [3.8, 4) is 0 Å². The minimum absolute atomic E-state index is 0.153. The largest absolute Gasteiger partial charge is 0.351 e. The number of nitrogens with zero attached hydrogens (tertiary/aromatic N) is 2. The molecular formula is C20H28N4O. The Kier molecular flexibility index (Phi) is 6.92. The third-order valence-corrected chi connectivity index (χ3v) is 3.99. The summed E-state index contributed by atoms with van der Waals surface area (Å²) in [5.74, 6) is 1.55.